The van der Waals surface area contributed by atoms with Crippen LogP contribution in [0.15, 0.2) is 29.2 Å². The van der Waals surface area contributed by atoms with Gasteiger partial charge in [-0.15, -0.1) is 0 Å². The van der Waals surface area contributed by atoms with Gasteiger partial charge >= 0.3 is 0 Å². The molecule has 1 aliphatic heterocycles. The lowest BCUT2D eigenvalue weighted by atomic mass is 9.81. The second-order valence-corrected chi connectivity index (χ2v) is 10.7. The average Bonchev–Trinajstić information content (AvgIpc) is 2.89. The van der Waals surface area contributed by atoms with E-state index in [9.17, 15) is 22.8 Å². The fraction of sp³-hybridized carbons (Fsp3) is 0.571. The minimum atomic E-state index is -3.73. The Hall–Kier alpha value is -2.26. The largest absolute Gasteiger partial charge is 0.326 e. The van der Waals surface area contributed by atoms with Crippen molar-refractivity contribution in [1.82, 2.24) is 9.62 Å². The van der Waals surface area contributed by atoms with Crippen molar-refractivity contribution in [2.24, 2.45) is 11.8 Å². The van der Waals surface area contributed by atoms with Gasteiger partial charge in [-0.1, -0.05) is 18.9 Å². The number of likely N-dealkylation sites (tertiary alicyclic amines) is 1. The van der Waals surface area contributed by atoms with E-state index in [1.807, 2.05) is 0 Å². The SMILES string of the molecule is CC(C)(C)NS(=O)(=O)c1cccc(NC(=O)CCN2C(=O)C3CCCCC3C2=O)c1. The van der Waals surface area contributed by atoms with Crippen molar-refractivity contribution in [2.75, 3.05) is 11.9 Å². The van der Waals surface area contributed by atoms with Crippen molar-refractivity contribution < 1.29 is 22.8 Å². The van der Waals surface area contributed by atoms with Gasteiger partial charge in [0.25, 0.3) is 0 Å². The highest BCUT2D eigenvalue weighted by molar-refractivity contribution is 7.89. The maximum absolute atomic E-state index is 12.5. The molecule has 2 atom stereocenters. The molecule has 0 bridgehead atoms. The van der Waals surface area contributed by atoms with Gasteiger partial charge in [-0.2, -0.15) is 0 Å². The van der Waals surface area contributed by atoms with E-state index in [1.54, 1.807) is 32.9 Å². The molecule has 0 radical (unpaired) electrons. The Kier molecular flexibility index (Phi) is 6.33. The van der Waals surface area contributed by atoms with Gasteiger partial charge in [-0.05, 0) is 51.8 Å². The molecular formula is C21H29N3O5S. The zero-order chi connectivity index (χ0) is 22.1. The summed E-state index contributed by atoms with van der Waals surface area (Å²) in [4.78, 5) is 38.6. The molecule has 2 fully saturated rings. The first kappa shape index (κ1) is 22.4. The number of nitrogens with zero attached hydrogens (tertiary/aromatic N) is 1. The normalized spacial score (nSPS) is 22.2. The summed E-state index contributed by atoms with van der Waals surface area (Å²) >= 11 is 0. The van der Waals surface area contributed by atoms with Crippen LogP contribution in [-0.4, -0.2) is 43.1 Å². The van der Waals surface area contributed by atoms with E-state index in [1.165, 1.54) is 17.0 Å². The van der Waals surface area contributed by atoms with Crippen LogP contribution in [0, 0.1) is 11.8 Å². The van der Waals surface area contributed by atoms with Crippen LogP contribution in [0.25, 0.3) is 0 Å². The minimum Gasteiger partial charge on any atom is -0.326 e. The molecule has 2 unspecified atom stereocenters. The van der Waals surface area contributed by atoms with Gasteiger partial charge in [-0.3, -0.25) is 19.3 Å². The number of benzene rings is 1. The maximum Gasteiger partial charge on any atom is 0.241 e. The van der Waals surface area contributed by atoms with Crippen LogP contribution in [0.4, 0.5) is 5.69 Å². The number of rotatable bonds is 6. The molecule has 0 aromatic heterocycles. The molecule has 3 amide bonds. The fourth-order valence-corrected chi connectivity index (χ4v) is 5.56. The highest BCUT2D eigenvalue weighted by Crippen LogP contribution is 2.38. The monoisotopic (exact) mass is 435 g/mol. The van der Waals surface area contributed by atoms with Gasteiger partial charge < -0.3 is 5.32 Å². The van der Waals surface area contributed by atoms with Crippen molar-refractivity contribution in [3.05, 3.63) is 24.3 Å². The Bertz CT molecular complexity index is 928. The zero-order valence-corrected chi connectivity index (χ0v) is 18.4. The van der Waals surface area contributed by atoms with Gasteiger partial charge in [0.2, 0.25) is 27.7 Å². The molecule has 164 valence electrons. The molecule has 1 aromatic carbocycles. The molecule has 1 saturated carbocycles. The van der Waals surface area contributed by atoms with Crippen LogP contribution in [0.2, 0.25) is 0 Å². The quantitative estimate of drug-likeness (QED) is 0.666. The van der Waals surface area contributed by atoms with E-state index < -0.39 is 15.6 Å². The third kappa shape index (κ3) is 5.07. The van der Waals surface area contributed by atoms with Crippen molar-refractivity contribution >= 4 is 33.4 Å². The summed E-state index contributed by atoms with van der Waals surface area (Å²) in [6, 6.07) is 5.97. The highest BCUT2D eigenvalue weighted by Gasteiger charge is 2.47. The molecule has 1 aliphatic carbocycles. The number of nitrogens with one attached hydrogen (secondary N) is 2. The van der Waals surface area contributed by atoms with E-state index in [0.29, 0.717) is 5.69 Å². The van der Waals surface area contributed by atoms with Crippen LogP contribution in [0.1, 0.15) is 52.9 Å². The second kappa shape index (κ2) is 8.47. The Morgan fingerprint density at radius 2 is 1.70 bits per heavy atom. The van der Waals surface area contributed by atoms with Gasteiger partial charge in [0, 0.05) is 24.2 Å². The average molecular weight is 436 g/mol. The van der Waals surface area contributed by atoms with E-state index in [4.69, 9.17) is 0 Å². The van der Waals surface area contributed by atoms with Crippen LogP contribution in [0.5, 0.6) is 0 Å². The van der Waals surface area contributed by atoms with Gasteiger partial charge in [0.05, 0.1) is 16.7 Å². The Labute approximate surface area is 177 Å². The summed E-state index contributed by atoms with van der Waals surface area (Å²) < 4.78 is 27.5. The number of carbonyl (C=O) groups is 3. The first-order valence-electron chi connectivity index (χ1n) is 10.3. The molecule has 9 heteroatoms. The minimum absolute atomic E-state index is 0.0336. The number of amides is 3. The van der Waals surface area contributed by atoms with E-state index >= 15 is 0 Å². The molecule has 30 heavy (non-hydrogen) atoms. The fourth-order valence-electron chi connectivity index (χ4n) is 4.09. The van der Waals surface area contributed by atoms with Crippen LogP contribution < -0.4 is 10.0 Å². The maximum atomic E-state index is 12.5. The molecule has 2 aliphatic rings. The van der Waals surface area contributed by atoms with Crippen molar-refractivity contribution in [3.63, 3.8) is 0 Å². The number of anilines is 1. The van der Waals surface area contributed by atoms with E-state index in [2.05, 4.69) is 10.0 Å². The number of imide groups is 1. The Balaban J connectivity index is 1.61. The highest BCUT2D eigenvalue weighted by atomic mass is 32.2. The summed E-state index contributed by atoms with van der Waals surface area (Å²) in [7, 11) is -3.73. The molecule has 0 spiro atoms. The van der Waals surface area contributed by atoms with Crippen LogP contribution in [-0.2, 0) is 24.4 Å². The predicted octanol–water partition coefficient (Wildman–Crippen LogP) is 2.27. The molecule has 1 heterocycles. The Morgan fingerprint density at radius 1 is 1.10 bits per heavy atom. The number of hydrogen-bond acceptors (Lipinski definition) is 5. The number of fused-ring (bicyclic) bond motifs is 1. The first-order chi connectivity index (χ1) is 14.0. The zero-order valence-electron chi connectivity index (χ0n) is 17.6. The number of carbonyl (C=O) groups excluding carboxylic acids is 3. The van der Waals surface area contributed by atoms with Crippen molar-refractivity contribution in [3.8, 4) is 0 Å². The van der Waals surface area contributed by atoms with Crippen LogP contribution >= 0.6 is 0 Å². The molecule has 3 rings (SSSR count). The van der Waals surface area contributed by atoms with Gasteiger partial charge in [0.1, 0.15) is 0 Å². The van der Waals surface area contributed by atoms with Gasteiger partial charge in [0.15, 0.2) is 0 Å². The number of hydrogen-bond donors (Lipinski definition) is 2. The summed E-state index contributed by atoms with van der Waals surface area (Å²) in [6.45, 7) is 5.27. The predicted molar refractivity (Wildman–Crippen MR) is 112 cm³/mol. The lowest BCUT2D eigenvalue weighted by molar-refractivity contribution is -0.140. The summed E-state index contributed by atoms with van der Waals surface area (Å²) in [6.07, 6.45) is 3.35. The van der Waals surface area contributed by atoms with Gasteiger partial charge in [-0.25, -0.2) is 13.1 Å². The topological polar surface area (TPSA) is 113 Å². The van der Waals surface area contributed by atoms with Crippen molar-refractivity contribution in [1.29, 1.82) is 0 Å². The third-order valence-electron chi connectivity index (χ3n) is 5.36. The lowest BCUT2D eigenvalue weighted by Gasteiger charge is -2.20. The first-order valence-corrected chi connectivity index (χ1v) is 11.8. The standard InChI is InChI=1S/C21H29N3O5S/c1-21(2,3)23-30(28,29)15-8-6-7-14(13-15)22-18(25)11-12-24-19(26)16-9-4-5-10-17(16)20(24)27/h6-8,13,16-17,23H,4-5,9-12H2,1-3H3,(H,22,25). The van der Waals surface area contributed by atoms with E-state index in [-0.39, 0.29) is 47.4 Å². The smallest absolute Gasteiger partial charge is 0.241 e. The molecule has 8 nitrogen and oxygen atoms in total. The second-order valence-electron chi connectivity index (χ2n) is 9.01. The third-order valence-corrected chi connectivity index (χ3v) is 7.12. The molecular weight excluding hydrogens is 406 g/mol. The molecule has 2 N–H and O–H groups in total. The van der Waals surface area contributed by atoms with Crippen LogP contribution in [0.3, 0.4) is 0 Å². The Morgan fingerprint density at radius 3 is 2.27 bits per heavy atom. The number of sulfonamides is 1. The summed E-state index contributed by atoms with van der Waals surface area (Å²) in [5.74, 6) is -1.18. The summed E-state index contributed by atoms with van der Waals surface area (Å²) in [5.41, 5.74) is -0.297. The summed E-state index contributed by atoms with van der Waals surface area (Å²) in [5, 5.41) is 2.65. The van der Waals surface area contributed by atoms with Crippen molar-refractivity contribution in [2.45, 2.75) is 63.3 Å². The molecule has 1 aromatic rings. The molecule has 1 saturated heterocycles. The lowest BCUT2D eigenvalue weighted by Crippen LogP contribution is -2.40. The van der Waals surface area contributed by atoms with E-state index in [0.717, 1.165) is 25.7 Å².